The predicted molar refractivity (Wildman–Crippen MR) is 57.0 cm³/mol. The first kappa shape index (κ1) is 10.6. The maximum absolute atomic E-state index is 9.52. The minimum absolute atomic E-state index is 0.0917. The van der Waals surface area contributed by atoms with Crippen LogP contribution in [0, 0.1) is 0 Å². The molecule has 0 amide bonds. The zero-order chi connectivity index (χ0) is 10.6. The highest BCUT2D eigenvalue weighted by Gasteiger charge is 2.05. The van der Waals surface area contributed by atoms with E-state index in [9.17, 15) is 10.2 Å². The Labute approximate surface area is 83.5 Å². The van der Waals surface area contributed by atoms with E-state index in [2.05, 4.69) is 0 Å². The molecule has 76 valence electrons. The van der Waals surface area contributed by atoms with Crippen LogP contribution in [0.2, 0.25) is 0 Å². The summed E-state index contributed by atoms with van der Waals surface area (Å²) in [7, 11) is 0. The van der Waals surface area contributed by atoms with Crippen molar-refractivity contribution in [2.45, 2.75) is 19.4 Å². The first-order valence-electron chi connectivity index (χ1n) is 4.59. The number of benzene rings is 1. The van der Waals surface area contributed by atoms with Gasteiger partial charge in [-0.1, -0.05) is 25.1 Å². The predicted octanol–water partition coefficient (Wildman–Crippen LogP) is 2.03. The maximum atomic E-state index is 9.52. The largest absolute Gasteiger partial charge is 0.511 e. The standard InChI is InChI=1S/C11H15NO2/c1-2-9(12)11(14)7-8-5-3-4-6-10(8)13/h3-7,9,13-14H,2,12H2,1H3. The zero-order valence-electron chi connectivity index (χ0n) is 8.14. The van der Waals surface area contributed by atoms with Gasteiger partial charge in [-0.25, -0.2) is 0 Å². The molecule has 1 aromatic rings. The first-order valence-corrected chi connectivity index (χ1v) is 4.59. The van der Waals surface area contributed by atoms with Crippen LogP contribution in [0.3, 0.4) is 0 Å². The Hall–Kier alpha value is -1.48. The number of phenols is 1. The van der Waals surface area contributed by atoms with Crippen molar-refractivity contribution in [1.82, 2.24) is 0 Å². The summed E-state index contributed by atoms with van der Waals surface area (Å²) in [6, 6.07) is 6.43. The molecule has 0 bridgehead atoms. The monoisotopic (exact) mass is 193 g/mol. The van der Waals surface area contributed by atoms with E-state index in [1.165, 1.54) is 6.08 Å². The van der Waals surface area contributed by atoms with Gasteiger partial charge in [0.05, 0.1) is 6.04 Å². The van der Waals surface area contributed by atoms with E-state index in [0.29, 0.717) is 12.0 Å². The minimum atomic E-state index is -0.366. The van der Waals surface area contributed by atoms with E-state index in [-0.39, 0.29) is 17.6 Å². The Balaban J connectivity index is 2.91. The van der Waals surface area contributed by atoms with E-state index in [1.54, 1.807) is 24.3 Å². The van der Waals surface area contributed by atoms with Gasteiger partial charge >= 0.3 is 0 Å². The van der Waals surface area contributed by atoms with Gasteiger partial charge in [0.1, 0.15) is 11.5 Å². The van der Waals surface area contributed by atoms with Crippen LogP contribution in [0.4, 0.5) is 0 Å². The Morgan fingerprint density at radius 2 is 2.14 bits per heavy atom. The Morgan fingerprint density at radius 3 is 2.71 bits per heavy atom. The van der Waals surface area contributed by atoms with Gasteiger partial charge in [0.15, 0.2) is 0 Å². The summed E-state index contributed by atoms with van der Waals surface area (Å²) in [6.07, 6.45) is 2.15. The molecule has 0 aliphatic heterocycles. The van der Waals surface area contributed by atoms with Gasteiger partial charge < -0.3 is 15.9 Å². The fourth-order valence-electron chi connectivity index (χ4n) is 1.09. The normalized spacial score (nSPS) is 14.0. The van der Waals surface area contributed by atoms with Gasteiger partial charge in [-0.2, -0.15) is 0 Å². The quantitative estimate of drug-likeness (QED) is 0.643. The lowest BCUT2D eigenvalue weighted by molar-refractivity contribution is 0.368. The molecule has 1 atom stereocenters. The van der Waals surface area contributed by atoms with Crippen LogP contribution in [0.1, 0.15) is 18.9 Å². The summed E-state index contributed by atoms with van der Waals surface area (Å²) in [5.74, 6) is 0.233. The molecule has 1 unspecified atom stereocenters. The molecule has 3 heteroatoms. The van der Waals surface area contributed by atoms with Crippen LogP contribution in [0.15, 0.2) is 30.0 Å². The lowest BCUT2D eigenvalue weighted by Gasteiger charge is -2.07. The molecule has 0 aliphatic carbocycles. The van der Waals surface area contributed by atoms with Crippen molar-refractivity contribution in [1.29, 1.82) is 0 Å². The van der Waals surface area contributed by atoms with Crippen molar-refractivity contribution in [2.24, 2.45) is 5.73 Å². The second-order valence-corrected chi connectivity index (χ2v) is 3.14. The van der Waals surface area contributed by atoms with E-state index >= 15 is 0 Å². The van der Waals surface area contributed by atoms with Gasteiger partial charge in [-0.15, -0.1) is 0 Å². The number of aliphatic hydroxyl groups is 1. The van der Waals surface area contributed by atoms with Gasteiger partial charge in [0, 0.05) is 5.56 Å². The van der Waals surface area contributed by atoms with Crippen LogP contribution in [0.25, 0.3) is 6.08 Å². The second kappa shape index (κ2) is 4.67. The molecule has 4 N–H and O–H groups in total. The van der Waals surface area contributed by atoms with E-state index < -0.39 is 0 Å². The van der Waals surface area contributed by atoms with Crippen LogP contribution < -0.4 is 5.73 Å². The molecule has 0 fully saturated rings. The lowest BCUT2D eigenvalue weighted by Crippen LogP contribution is -2.20. The number of hydrogen-bond donors (Lipinski definition) is 3. The molecule has 3 nitrogen and oxygen atoms in total. The highest BCUT2D eigenvalue weighted by atomic mass is 16.3. The molecule has 1 aromatic carbocycles. The van der Waals surface area contributed by atoms with Crippen LogP contribution in [-0.4, -0.2) is 16.3 Å². The van der Waals surface area contributed by atoms with Crippen molar-refractivity contribution in [3.63, 3.8) is 0 Å². The molecule has 0 heterocycles. The third-order valence-corrected chi connectivity index (χ3v) is 2.06. The summed E-state index contributed by atoms with van der Waals surface area (Å²) >= 11 is 0. The summed E-state index contributed by atoms with van der Waals surface area (Å²) < 4.78 is 0. The third-order valence-electron chi connectivity index (χ3n) is 2.06. The van der Waals surface area contributed by atoms with Crippen LogP contribution in [-0.2, 0) is 0 Å². The van der Waals surface area contributed by atoms with Crippen molar-refractivity contribution >= 4 is 6.08 Å². The van der Waals surface area contributed by atoms with Crippen LogP contribution in [0.5, 0.6) is 5.75 Å². The minimum Gasteiger partial charge on any atom is -0.511 e. The number of para-hydroxylation sites is 1. The number of nitrogens with two attached hydrogens (primary N) is 1. The topological polar surface area (TPSA) is 66.5 Å². The van der Waals surface area contributed by atoms with Crippen molar-refractivity contribution in [3.8, 4) is 5.75 Å². The Kier molecular flexibility index (Phi) is 3.54. The molecule has 0 saturated heterocycles. The summed E-state index contributed by atoms with van der Waals surface area (Å²) in [5.41, 5.74) is 6.19. The second-order valence-electron chi connectivity index (χ2n) is 3.14. The molecule has 0 radical (unpaired) electrons. The van der Waals surface area contributed by atoms with Gasteiger partial charge in [0.25, 0.3) is 0 Å². The number of aliphatic hydroxyl groups excluding tert-OH is 1. The average molecular weight is 193 g/mol. The first-order chi connectivity index (χ1) is 6.65. The highest BCUT2D eigenvalue weighted by molar-refractivity contribution is 5.58. The van der Waals surface area contributed by atoms with Gasteiger partial charge in [0.2, 0.25) is 0 Å². The molecule has 1 rings (SSSR count). The van der Waals surface area contributed by atoms with Crippen molar-refractivity contribution < 1.29 is 10.2 Å². The number of aromatic hydroxyl groups is 1. The Bertz CT molecular complexity index is 334. The maximum Gasteiger partial charge on any atom is 0.122 e. The van der Waals surface area contributed by atoms with E-state index in [0.717, 1.165) is 0 Å². The summed E-state index contributed by atoms with van der Waals surface area (Å²) in [5, 5.41) is 18.9. The fraction of sp³-hybridized carbons (Fsp3) is 0.273. The van der Waals surface area contributed by atoms with Crippen LogP contribution >= 0.6 is 0 Å². The molecular formula is C11H15NO2. The zero-order valence-corrected chi connectivity index (χ0v) is 8.14. The van der Waals surface area contributed by atoms with Gasteiger partial charge in [-0.05, 0) is 18.6 Å². The van der Waals surface area contributed by atoms with E-state index in [4.69, 9.17) is 5.73 Å². The molecule has 14 heavy (non-hydrogen) atoms. The van der Waals surface area contributed by atoms with Gasteiger partial charge in [-0.3, -0.25) is 0 Å². The Morgan fingerprint density at radius 1 is 1.50 bits per heavy atom. The van der Waals surface area contributed by atoms with E-state index in [1.807, 2.05) is 6.92 Å². The molecule has 0 aromatic heterocycles. The number of rotatable bonds is 3. The molecular weight excluding hydrogens is 178 g/mol. The molecule has 0 spiro atoms. The third kappa shape index (κ3) is 2.50. The molecule has 0 aliphatic rings. The lowest BCUT2D eigenvalue weighted by atomic mass is 10.1. The summed E-state index contributed by atoms with van der Waals surface area (Å²) in [4.78, 5) is 0. The SMILES string of the molecule is CCC(N)C(O)=Cc1ccccc1O. The smallest absolute Gasteiger partial charge is 0.122 e. The number of hydrogen-bond acceptors (Lipinski definition) is 3. The van der Waals surface area contributed by atoms with Crippen molar-refractivity contribution in [2.75, 3.05) is 0 Å². The fourth-order valence-corrected chi connectivity index (χ4v) is 1.09. The average Bonchev–Trinajstić information content (AvgIpc) is 2.20. The number of phenolic OH excluding ortho intramolecular Hbond substituents is 1. The molecule has 0 saturated carbocycles. The van der Waals surface area contributed by atoms with Crippen molar-refractivity contribution in [3.05, 3.63) is 35.6 Å². The highest BCUT2D eigenvalue weighted by Crippen LogP contribution is 2.19. The summed E-state index contributed by atoms with van der Waals surface area (Å²) in [6.45, 7) is 1.89.